The highest BCUT2D eigenvalue weighted by atomic mass is 15.1. The Morgan fingerprint density at radius 1 is 1.46 bits per heavy atom. The average Bonchev–Trinajstić information content (AvgIpc) is 2.51. The van der Waals surface area contributed by atoms with Crippen molar-refractivity contribution in [2.45, 2.75) is 37.6 Å². The molecule has 0 aliphatic heterocycles. The van der Waals surface area contributed by atoms with Crippen LogP contribution >= 0.6 is 0 Å². The fourth-order valence-corrected chi connectivity index (χ4v) is 2.05. The maximum atomic E-state index is 6.25. The Kier molecular flexibility index (Phi) is 3.94. The molecule has 0 spiro atoms. The molecule has 2 heteroatoms. The normalized spacial score (nSPS) is 20.8. The van der Waals surface area contributed by atoms with Crippen LogP contribution in [0.4, 0.5) is 0 Å². The maximum Gasteiger partial charge on any atom is 0.0166 e. The van der Waals surface area contributed by atoms with Crippen LogP contribution in [-0.4, -0.2) is 30.6 Å². The fourth-order valence-electron chi connectivity index (χ4n) is 2.05. The van der Waals surface area contributed by atoms with Crippen molar-refractivity contribution in [3.05, 3.63) is 12.7 Å². The van der Waals surface area contributed by atoms with Gasteiger partial charge in [-0.1, -0.05) is 18.9 Å². The van der Waals surface area contributed by atoms with Gasteiger partial charge < -0.3 is 10.6 Å². The minimum atomic E-state index is 0.148. The Bertz CT molecular complexity index is 159. The van der Waals surface area contributed by atoms with E-state index in [1.165, 1.54) is 25.7 Å². The smallest absolute Gasteiger partial charge is 0.0166 e. The lowest BCUT2D eigenvalue weighted by Crippen LogP contribution is -2.39. The van der Waals surface area contributed by atoms with Crippen LogP contribution in [0.25, 0.3) is 0 Å². The Hall–Kier alpha value is -0.340. The van der Waals surface area contributed by atoms with Crippen molar-refractivity contribution < 1.29 is 0 Å². The summed E-state index contributed by atoms with van der Waals surface area (Å²) in [6.45, 7) is 5.79. The van der Waals surface area contributed by atoms with E-state index in [4.69, 9.17) is 5.73 Å². The lowest BCUT2D eigenvalue weighted by atomic mass is 9.95. The van der Waals surface area contributed by atoms with Gasteiger partial charge in [-0.2, -0.15) is 0 Å². The molecule has 0 aromatic heterocycles. The molecule has 2 nitrogen and oxygen atoms in total. The van der Waals surface area contributed by atoms with E-state index in [-0.39, 0.29) is 5.54 Å². The SMILES string of the molecule is C=CCN(C)CCC1(N)CCCC1. The van der Waals surface area contributed by atoms with Gasteiger partial charge in [0.25, 0.3) is 0 Å². The monoisotopic (exact) mass is 182 g/mol. The number of nitrogens with zero attached hydrogens (tertiary/aromatic N) is 1. The molecule has 0 radical (unpaired) electrons. The first-order chi connectivity index (χ1) is 6.16. The molecule has 1 saturated carbocycles. The minimum absolute atomic E-state index is 0.148. The number of likely N-dealkylation sites (N-methyl/N-ethyl adjacent to an activating group) is 1. The summed E-state index contributed by atoms with van der Waals surface area (Å²) in [6, 6.07) is 0. The molecule has 2 N–H and O–H groups in total. The third kappa shape index (κ3) is 3.49. The van der Waals surface area contributed by atoms with Crippen LogP contribution in [0.15, 0.2) is 12.7 Å². The Labute approximate surface area is 81.8 Å². The van der Waals surface area contributed by atoms with Crippen molar-refractivity contribution in [1.29, 1.82) is 0 Å². The molecule has 1 aliphatic carbocycles. The number of rotatable bonds is 5. The Balaban J connectivity index is 2.20. The molecule has 1 fully saturated rings. The van der Waals surface area contributed by atoms with Crippen molar-refractivity contribution >= 4 is 0 Å². The summed E-state index contributed by atoms with van der Waals surface area (Å²) < 4.78 is 0. The number of hydrogen-bond acceptors (Lipinski definition) is 2. The van der Waals surface area contributed by atoms with E-state index >= 15 is 0 Å². The van der Waals surface area contributed by atoms with Crippen molar-refractivity contribution in [2.75, 3.05) is 20.1 Å². The summed E-state index contributed by atoms with van der Waals surface area (Å²) in [4.78, 5) is 2.28. The number of hydrogen-bond donors (Lipinski definition) is 1. The molecule has 0 bridgehead atoms. The van der Waals surface area contributed by atoms with E-state index in [9.17, 15) is 0 Å². The average molecular weight is 182 g/mol. The summed E-state index contributed by atoms with van der Waals surface area (Å²) in [6.07, 6.45) is 8.16. The van der Waals surface area contributed by atoms with Crippen molar-refractivity contribution in [2.24, 2.45) is 5.73 Å². The molecule has 0 saturated heterocycles. The van der Waals surface area contributed by atoms with Gasteiger partial charge >= 0.3 is 0 Å². The summed E-state index contributed by atoms with van der Waals surface area (Å²) in [5.74, 6) is 0. The summed E-state index contributed by atoms with van der Waals surface area (Å²) in [5, 5.41) is 0. The fraction of sp³-hybridized carbons (Fsp3) is 0.818. The first-order valence-electron chi connectivity index (χ1n) is 5.25. The van der Waals surface area contributed by atoms with E-state index in [2.05, 4.69) is 18.5 Å². The highest BCUT2D eigenvalue weighted by molar-refractivity contribution is 4.89. The summed E-state index contributed by atoms with van der Waals surface area (Å²) in [7, 11) is 2.12. The highest BCUT2D eigenvalue weighted by Gasteiger charge is 2.28. The highest BCUT2D eigenvalue weighted by Crippen LogP contribution is 2.29. The minimum Gasteiger partial charge on any atom is -0.325 e. The van der Waals surface area contributed by atoms with Gasteiger partial charge in [-0.3, -0.25) is 0 Å². The van der Waals surface area contributed by atoms with Crippen LogP contribution in [0.1, 0.15) is 32.1 Å². The van der Waals surface area contributed by atoms with Crippen LogP contribution in [-0.2, 0) is 0 Å². The zero-order valence-electron chi connectivity index (χ0n) is 8.76. The van der Waals surface area contributed by atoms with Gasteiger partial charge in [0.05, 0.1) is 0 Å². The van der Waals surface area contributed by atoms with E-state index in [0.29, 0.717) is 0 Å². The van der Waals surface area contributed by atoms with Gasteiger partial charge in [-0.05, 0) is 32.9 Å². The first-order valence-corrected chi connectivity index (χ1v) is 5.25. The van der Waals surface area contributed by atoms with E-state index in [1.807, 2.05) is 6.08 Å². The standard InChI is InChI=1S/C11H22N2/c1-3-9-13(2)10-8-11(12)6-4-5-7-11/h3H,1,4-10,12H2,2H3. The van der Waals surface area contributed by atoms with Gasteiger partial charge in [0.1, 0.15) is 0 Å². The predicted octanol–water partition coefficient (Wildman–Crippen LogP) is 1.77. The molecular formula is C11H22N2. The molecule has 1 aliphatic rings. The largest absolute Gasteiger partial charge is 0.325 e. The van der Waals surface area contributed by atoms with Crippen LogP contribution in [0, 0.1) is 0 Å². The predicted molar refractivity (Wildman–Crippen MR) is 57.7 cm³/mol. The van der Waals surface area contributed by atoms with Gasteiger partial charge in [-0.25, -0.2) is 0 Å². The molecule has 1 rings (SSSR count). The molecule has 13 heavy (non-hydrogen) atoms. The van der Waals surface area contributed by atoms with Gasteiger partial charge in [0.15, 0.2) is 0 Å². The Morgan fingerprint density at radius 2 is 2.08 bits per heavy atom. The Morgan fingerprint density at radius 3 is 2.62 bits per heavy atom. The van der Waals surface area contributed by atoms with E-state index < -0.39 is 0 Å². The number of nitrogens with two attached hydrogens (primary N) is 1. The van der Waals surface area contributed by atoms with E-state index in [0.717, 1.165) is 19.5 Å². The third-order valence-corrected chi connectivity index (χ3v) is 3.03. The molecular weight excluding hydrogens is 160 g/mol. The van der Waals surface area contributed by atoms with Crippen LogP contribution in [0.3, 0.4) is 0 Å². The molecule has 76 valence electrons. The van der Waals surface area contributed by atoms with Gasteiger partial charge in [-0.15, -0.1) is 6.58 Å². The second kappa shape index (κ2) is 4.77. The second-order valence-electron chi connectivity index (χ2n) is 4.37. The zero-order valence-corrected chi connectivity index (χ0v) is 8.76. The summed E-state index contributed by atoms with van der Waals surface area (Å²) in [5.41, 5.74) is 6.40. The van der Waals surface area contributed by atoms with E-state index in [1.54, 1.807) is 0 Å². The van der Waals surface area contributed by atoms with Crippen LogP contribution in [0.2, 0.25) is 0 Å². The molecule has 0 atom stereocenters. The summed E-state index contributed by atoms with van der Waals surface area (Å²) >= 11 is 0. The van der Waals surface area contributed by atoms with Gasteiger partial charge in [0, 0.05) is 12.1 Å². The molecule has 0 amide bonds. The first kappa shape index (κ1) is 10.7. The molecule has 0 aromatic carbocycles. The third-order valence-electron chi connectivity index (χ3n) is 3.03. The van der Waals surface area contributed by atoms with Crippen molar-refractivity contribution in [1.82, 2.24) is 4.90 Å². The lowest BCUT2D eigenvalue weighted by molar-refractivity contribution is 0.299. The van der Waals surface area contributed by atoms with Crippen molar-refractivity contribution in [3.8, 4) is 0 Å². The van der Waals surface area contributed by atoms with Gasteiger partial charge in [0.2, 0.25) is 0 Å². The lowest BCUT2D eigenvalue weighted by Gasteiger charge is -2.26. The maximum absolute atomic E-state index is 6.25. The molecule has 0 unspecified atom stereocenters. The van der Waals surface area contributed by atoms with Crippen molar-refractivity contribution in [3.63, 3.8) is 0 Å². The van der Waals surface area contributed by atoms with Crippen LogP contribution < -0.4 is 5.73 Å². The molecule has 0 heterocycles. The quantitative estimate of drug-likeness (QED) is 0.657. The zero-order chi connectivity index (χ0) is 9.73. The van der Waals surface area contributed by atoms with Crippen LogP contribution in [0.5, 0.6) is 0 Å². The topological polar surface area (TPSA) is 29.3 Å². The second-order valence-corrected chi connectivity index (χ2v) is 4.37. The molecule has 0 aromatic rings.